The van der Waals surface area contributed by atoms with Gasteiger partial charge in [0.05, 0.1) is 26.7 Å². The minimum atomic E-state index is -0.884. The molecule has 5 heteroatoms. The van der Waals surface area contributed by atoms with E-state index in [9.17, 15) is 4.79 Å². The number of benzene rings is 1. The van der Waals surface area contributed by atoms with Crippen LogP contribution in [-0.2, 0) is 16.0 Å². The maximum Gasteiger partial charge on any atom is 0.307 e. The van der Waals surface area contributed by atoms with Crippen LogP contribution in [0.2, 0.25) is 0 Å². The molecular formula is C14H18O5. The van der Waals surface area contributed by atoms with Crippen molar-refractivity contribution in [2.24, 2.45) is 0 Å². The van der Waals surface area contributed by atoms with Gasteiger partial charge in [-0.1, -0.05) is 12.1 Å². The molecule has 0 aromatic heterocycles. The molecule has 1 aliphatic rings. The fourth-order valence-electron chi connectivity index (χ4n) is 2.12. The van der Waals surface area contributed by atoms with Gasteiger partial charge in [0.1, 0.15) is 6.10 Å². The Hall–Kier alpha value is -1.75. The Kier molecular flexibility index (Phi) is 4.63. The normalized spacial score (nSPS) is 16.1. The number of rotatable bonds is 5. The van der Waals surface area contributed by atoms with Crippen LogP contribution in [0.25, 0.3) is 0 Å². The lowest BCUT2D eigenvalue weighted by molar-refractivity contribution is -0.136. The van der Waals surface area contributed by atoms with Crippen LogP contribution in [0, 0.1) is 0 Å². The number of ether oxygens (including phenoxy) is 3. The number of carbonyl (C=O) groups is 1. The SMILES string of the molecule is COc1cccc(CC(=O)O)c1OC1CCOCC1. The van der Waals surface area contributed by atoms with Crippen LogP contribution in [-0.4, -0.2) is 37.5 Å². The Balaban J connectivity index is 2.21. The lowest BCUT2D eigenvalue weighted by atomic mass is 10.1. The molecule has 0 aliphatic carbocycles. The molecule has 1 fully saturated rings. The molecule has 2 rings (SSSR count). The number of carboxylic acid groups (broad SMARTS) is 1. The van der Waals surface area contributed by atoms with Crippen molar-refractivity contribution < 1.29 is 24.1 Å². The molecule has 0 radical (unpaired) electrons. The van der Waals surface area contributed by atoms with Crippen molar-refractivity contribution in [3.05, 3.63) is 23.8 Å². The molecule has 104 valence electrons. The van der Waals surface area contributed by atoms with Crippen LogP contribution in [0.1, 0.15) is 18.4 Å². The van der Waals surface area contributed by atoms with E-state index in [4.69, 9.17) is 19.3 Å². The summed E-state index contributed by atoms with van der Waals surface area (Å²) in [5.41, 5.74) is 0.637. The Morgan fingerprint density at radius 2 is 2.16 bits per heavy atom. The zero-order chi connectivity index (χ0) is 13.7. The summed E-state index contributed by atoms with van der Waals surface area (Å²) in [5, 5.41) is 8.94. The molecular weight excluding hydrogens is 248 g/mol. The Labute approximate surface area is 112 Å². The van der Waals surface area contributed by atoms with E-state index in [0.29, 0.717) is 30.3 Å². The van der Waals surface area contributed by atoms with Crippen LogP contribution < -0.4 is 9.47 Å². The van der Waals surface area contributed by atoms with Gasteiger partial charge in [-0.2, -0.15) is 0 Å². The van der Waals surface area contributed by atoms with Gasteiger partial charge in [-0.25, -0.2) is 0 Å². The van der Waals surface area contributed by atoms with E-state index in [1.165, 1.54) is 0 Å². The highest BCUT2D eigenvalue weighted by Crippen LogP contribution is 2.33. The fourth-order valence-corrected chi connectivity index (χ4v) is 2.12. The summed E-state index contributed by atoms with van der Waals surface area (Å²) in [6.45, 7) is 1.35. The molecule has 0 amide bonds. The van der Waals surface area contributed by atoms with Gasteiger partial charge in [0.15, 0.2) is 11.5 Å². The summed E-state index contributed by atoms with van der Waals surface area (Å²) >= 11 is 0. The molecule has 0 saturated carbocycles. The van der Waals surface area contributed by atoms with Crippen LogP contribution in [0.3, 0.4) is 0 Å². The van der Waals surface area contributed by atoms with E-state index in [0.717, 1.165) is 12.8 Å². The highest BCUT2D eigenvalue weighted by atomic mass is 16.5. The first-order valence-electron chi connectivity index (χ1n) is 6.32. The second-order valence-electron chi connectivity index (χ2n) is 4.45. The van der Waals surface area contributed by atoms with E-state index in [1.54, 1.807) is 25.3 Å². The van der Waals surface area contributed by atoms with Gasteiger partial charge in [0.25, 0.3) is 0 Å². The van der Waals surface area contributed by atoms with Crippen molar-refractivity contribution in [2.45, 2.75) is 25.4 Å². The third-order valence-electron chi connectivity index (χ3n) is 3.07. The van der Waals surface area contributed by atoms with Crippen molar-refractivity contribution in [1.29, 1.82) is 0 Å². The molecule has 0 spiro atoms. The molecule has 5 nitrogen and oxygen atoms in total. The number of hydrogen-bond donors (Lipinski definition) is 1. The topological polar surface area (TPSA) is 65.0 Å². The number of methoxy groups -OCH3 is 1. The third-order valence-corrected chi connectivity index (χ3v) is 3.07. The van der Waals surface area contributed by atoms with Crippen LogP contribution in [0.5, 0.6) is 11.5 Å². The summed E-state index contributed by atoms with van der Waals surface area (Å²) in [6, 6.07) is 5.30. The second-order valence-corrected chi connectivity index (χ2v) is 4.45. The lowest BCUT2D eigenvalue weighted by Gasteiger charge is -2.25. The first kappa shape index (κ1) is 13.7. The number of para-hydroxylation sites is 1. The largest absolute Gasteiger partial charge is 0.493 e. The Morgan fingerprint density at radius 3 is 2.79 bits per heavy atom. The smallest absolute Gasteiger partial charge is 0.307 e. The van der Waals surface area contributed by atoms with Crippen molar-refractivity contribution >= 4 is 5.97 Å². The van der Waals surface area contributed by atoms with Gasteiger partial charge in [0.2, 0.25) is 0 Å². The van der Waals surface area contributed by atoms with Crippen LogP contribution in [0.15, 0.2) is 18.2 Å². The van der Waals surface area contributed by atoms with E-state index < -0.39 is 5.97 Å². The average molecular weight is 266 g/mol. The minimum absolute atomic E-state index is 0.0533. The molecule has 0 atom stereocenters. The van der Waals surface area contributed by atoms with E-state index in [-0.39, 0.29) is 12.5 Å². The predicted molar refractivity (Wildman–Crippen MR) is 68.8 cm³/mol. The lowest BCUT2D eigenvalue weighted by Crippen LogP contribution is -2.26. The summed E-state index contributed by atoms with van der Waals surface area (Å²) in [6.07, 6.45) is 1.60. The summed E-state index contributed by atoms with van der Waals surface area (Å²) in [7, 11) is 1.55. The van der Waals surface area contributed by atoms with Crippen molar-refractivity contribution in [3.8, 4) is 11.5 Å². The second kappa shape index (κ2) is 6.43. The zero-order valence-corrected chi connectivity index (χ0v) is 10.9. The summed E-state index contributed by atoms with van der Waals surface area (Å²) in [4.78, 5) is 10.9. The van der Waals surface area contributed by atoms with Crippen LogP contribution >= 0.6 is 0 Å². The van der Waals surface area contributed by atoms with Crippen molar-refractivity contribution in [3.63, 3.8) is 0 Å². The van der Waals surface area contributed by atoms with Crippen LogP contribution in [0.4, 0.5) is 0 Å². The molecule has 0 unspecified atom stereocenters. The van der Waals surface area contributed by atoms with Crippen molar-refractivity contribution in [1.82, 2.24) is 0 Å². The molecule has 1 saturated heterocycles. The maximum atomic E-state index is 10.9. The fraction of sp³-hybridized carbons (Fsp3) is 0.500. The first-order chi connectivity index (χ1) is 9.20. The van der Waals surface area contributed by atoms with E-state index in [1.807, 2.05) is 0 Å². The van der Waals surface area contributed by atoms with Gasteiger partial charge in [-0.15, -0.1) is 0 Å². The third kappa shape index (κ3) is 3.61. The quantitative estimate of drug-likeness (QED) is 0.881. The number of hydrogen-bond acceptors (Lipinski definition) is 4. The molecule has 0 bridgehead atoms. The van der Waals surface area contributed by atoms with Crippen molar-refractivity contribution in [2.75, 3.05) is 20.3 Å². The van der Waals surface area contributed by atoms with Gasteiger partial charge in [0, 0.05) is 18.4 Å². The van der Waals surface area contributed by atoms with E-state index in [2.05, 4.69) is 0 Å². The minimum Gasteiger partial charge on any atom is -0.493 e. The molecule has 1 aliphatic heterocycles. The molecule has 1 aromatic rings. The summed E-state index contributed by atoms with van der Waals surface area (Å²) in [5.74, 6) is 0.231. The maximum absolute atomic E-state index is 10.9. The molecule has 19 heavy (non-hydrogen) atoms. The van der Waals surface area contributed by atoms with Gasteiger partial charge in [-0.3, -0.25) is 4.79 Å². The highest BCUT2D eigenvalue weighted by molar-refractivity contribution is 5.72. The molecule has 1 heterocycles. The molecule has 1 N–H and O–H groups in total. The van der Waals surface area contributed by atoms with E-state index >= 15 is 0 Å². The predicted octanol–water partition coefficient (Wildman–Crippen LogP) is 1.88. The Bertz CT molecular complexity index is 437. The Morgan fingerprint density at radius 1 is 1.42 bits per heavy atom. The number of aliphatic carboxylic acids is 1. The average Bonchev–Trinajstić information content (AvgIpc) is 2.41. The molecule has 1 aromatic carbocycles. The van der Waals surface area contributed by atoms with Gasteiger partial charge < -0.3 is 19.3 Å². The standard InChI is InChI=1S/C14H18O5/c1-17-12-4-2-3-10(9-13(15)16)14(12)19-11-5-7-18-8-6-11/h2-4,11H,5-9H2,1H3,(H,15,16). The first-order valence-corrected chi connectivity index (χ1v) is 6.32. The highest BCUT2D eigenvalue weighted by Gasteiger charge is 2.20. The zero-order valence-electron chi connectivity index (χ0n) is 10.9. The van der Waals surface area contributed by atoms with Gasteiger partial charge >= 0.3 is 5.97 Å². The van der Waals surface area contributed by atoms with Gasteiger partial charge in [-0.05, 0) is 6.07 Å². The summed E-state index contributed by atoms with van der Waals surface area (Å²) < 4.78 is 16.5. The number of carboxylic acids is 1. The monoisotopic (exact) mass is 266 g/mol.